The Labute approximate surface area is 153 Å². The van der Waals surface area contributed by atoms with E-state index in [1.54, 1.807) is 6.07 Å². The molecule has 1 fully saturated rings. The van der Waals surface area contributed by atoms with Gasteiger partial charge in [0.2, 0.25) is 0 Å². The number of hydrogen-bond donors (Lipinski definition) is 1. The minimum Gasteiger partial charge on any atom is -0.372 e. The van der Waals surface area contributed by atoms with Crippen molar-refractivity contribution in [2.24, 2.45) is 0 Å². The summed E-state index contributed by atoms with van der Waals surface area (Å²) in [7, 11) is 0. The molecule has 2 aromatic rings. The Hall–Kier alpha value is -1.99. The molecule has 0 spiro atoms. The van der Waals surface area contributed by atoms with Crippen molar-refractivity contribution in [2.75, 3.05) is 24.6 Å². The van der Waals surface area contributed by atoms with Crippen LogP contribution in [0.15, 0.2) is 18.2 Å². The fourth-order valence-corrected chi connectivity index (χ4v) is 3.73. The zero-order valence-corrected chi connectivity index (χ0v) is 15.2. The maximum Gasteiger partial charge on any atom is 0.159 e. The van der Waals surface area contributed by atoms with Gasteiger partial charge in [0.1, 0.15) is 18.2 Å². The fraction of sp³-hybridized carbons (Fsp3) is 0.579. The number of hydrogen-bond acceptors (Lipinski definition) is 5. The van der Waals surface area contributed by atoms with Crippen LogP contribution in [0.4, 0.5) is 10.1 Å². The smallest absolute Gasteiger partial charge is 0.159 e. The van der Waals surface area contributed by atoms with Crippen LogP contribution in [0.5, 0.6) is 0 Å². The summed E-state index contributed by atoms with van der Waals surface area (Å²) in [6.07, 6.45) is 3.54. The van der Waals surface area contributed by atoms with Gasteiger partial charge in [0.05, 0.1) is 18.8 Å². The Balaban J connectivity index is 1.41. The summed E-state index contributed by atoms with van der Waals surface area (Å²) in [5.41, 5.74) is 1.68. The molecule has 2 aliphatic heterocycles. The third-order valence-corrected chi connectivity index (χ3v) is 5.33. The van der Waals surface area contributed by atoms with Crippen molar-refractivity contribution < 1.29 is 9.13 Å². The van der Waals surface area contributed by atoms with Crippen LogP contribution in [-0.4, -0.2) is 34.5 Å². The first kappa shape index (κ1) is 17.4. The van der Waals surface area contributed by atoms with Gasteiger partial charge in [0.25, 0.3) is 0 Å². The lowest BCUT2D eigenvalue weighted by Crippen LogP contribution is -2.30. The molecule has 0 bridgehead atoms. The molecule has 0 amide bonds. The number of fused-ring (bicyclic) bond motifs is 1. The average molecular weight is 359 g/mol. The molecule has 1 N–H and O–H groups in total. The monoisotopic (exact) mass is 359 g/mol. The molecule has 1 saturated heterocycles. The molecule has 1 aromatic carbocycles. The number of benzene rings is 1. The number of halogens is 1. The highest BCUT2D eigenvalue weighted by molar-refractivity contribution is 5.49. The van der Waals surface area contributed by atoms with Crippen molar-refractivity contribution >= 4 is 5.69 Å². The SMILES string of the molecule is CC(NCc1nnc2n1CCOC2)c1ccc(N2CCCCC2)c(F)c1. The minimum atomic E-state index is -0.130. The van der Waals surface area contributed by atoms with Gasteiger partial charge in [-0.1, -0.05) is 6.07 Å². The molecule has 7 heteroatoms. The van der Waals surface area contributed by atoms with E-state index in [2.05, 4.69) is 25.0 Å². The zero-order chi connectivity index (χ0) is 17.9. The molecule has 1 unspecified atom stereocenters. The second-order valence-corrected chi connectivity index (χ2v) is 7.10. The Bertz CT molecular complexity index is 756. The van der Waals surface area contributed by atoms with Crippen molar-refractivity contribution in [1.29, 1.82) is 0 Å². The molecule has 0 saturated carbocycles. The van der Waals surface area contributed by atoms with Crippen molar-refractivity contribution in [3.8, 4) is 0 Å². The van der Waals surface area contributed by atoms with Crippen LogP contribution < -0.4 is 10.2 Å². The van der Waals surface area contributed by atoms with Crippen LogP contribution in [0, 0.1) is 5.82 Å². The fourth-order valence-electron chi connectivity index (χ4n) is 3.73. The Morgan fingerprint density at radius 2 is 2.04 bits per heavy atom. The molecule has 1 atom stereocenters. The lowest BCUT2D eigenvalue weighted by Gasteiger charge is -2.29. The number of aromatic nitrogens is 3. The Kier molecular flexibility index (Phi) is 5.17. The number of anilines is 1. The predicted molar refractivity (Wildman–Crippen MR) is 97.4 cm³/mol. The highest BCUT2D eigenvalue weighted by Gasteiger charge is 2.18. The number of piperidine rings is 1. The quantitative estimate of drug-likeness (QED) is 0.890. The van der Waals surface area contributed by atoms with Crippen LogP contribution in [0.3, 0.4) is 0 Å². The summed E-state index contributed by atoms with van der Waals surface area (Å²) in [6, 6.07) is 5.64. The molecule has 2 aliphatic rings. The molecule has 140 valence electrons. The first-order valence-corrected chi connectivity index (χ1v) is 9.49. The number of ether oxygens (including phenoxy) is 1. The van der Waals surface area contributed by atoms with Gasteiger partial charge in [-0.25, -0.2) is 4.39 Å². The van der Waals surface area contributed by atoms with Gasteiger partial charge in [-0.15, -0.1) is 10.2 Å². The van der Waals surface area contributed by atoms with E-state index in [0.29, 0.717) is 19.8 Å². The summed E-state index contributed by atoms with van der Waals surface area (Å²) >= 11 is 0. The van der Waals surface area contributed by atoms with E-state index in [0.717, 1.165) is 55.4 Å². The van der Waals surface area contributed by atoms with Gasteiger partial charge in [-0.2, -0.15) is 0 Å². The van der Waals surface area contributed by atoms with Crippen molar-refractivity contribution in [3.63, 3.8) is 0 Å². The second-order valence-electron chi connectivity index (χ2n) is 7.10. The van der Waals surface area contributed by atoms with Gasteiger partial charge in [0.15, 0.2) is 5.82 Å². The third kappa shape index (κ3) is 3.59. The van der Waals surface area contributed by atoms with E-state index in [1.165, 1.54) is 6.42 Å². The lowest BCUT2D eigenvalue weighted by molar-refractivity contribution is 0.0804. The average Bonchev–Trinajstić information content (AvgIpc) is 3.10. The summed E-state index contributed by atoms with van der Waals surface area (Å²) in [4.78, 5) is 2.16. The second kappa shape index (κ2) is 7.72. The Morgan fingerprint density at radius 1 is 1.19 bits per heavy atom. The number of nitrogens with one attached hydrogen (secondary N) is 1. The summed E-state index contributed by atoms with van der Waals surface area (Å²) < 4.78 is 22.1. The minimum absolute atomic E-state index is 0.0349. The normalized spacial score (nSPS) is 18.6. The van der Waals surface area contributed by atoms with Crippen LogP contribution in [0.2, 0.25) is 0 Å². The van der Waals surface area contributed by atoms with Gasteiger partial charge in [0, 0.05) is 25.7 Å². The van der Waals surface area contributed by atoms with Gasteiger partial charge < -0.3 is 19.5 Å². The highest BCUT2D eigenvalue weighted by Crippen LogP contribution is 2.26. The van der Waals surface area contributed by atoms with Crippen LogP contribution >= 0.6 is 0 Å². The van der Waals surface area contributed by atoms with E-state index in [1.807, 2.05) is 19.1 Å². The topological polar surface area (TPSA) is 55.2 Å². The number of nitrogens with zero attached hydrogens (tertiary/aromatic N) is 4. The van der Waals surface area contributed by atoms with E-state index in [9.17, 15) is 4.39 Å². The zero-order valence-electron chi connectivity index (χ0n) is 15.2. The maximum atomic E-state index is 14.6. The van der Waals surface area contributed by atoms with E-state index < -0.39 is 0 Å². The summed E-state index contributed by atoms with van der Waals surface area (Å²) in [6.45, 7) is 6.54. The van der Waals surface area contributed by atoms with Crippen LogP contribution in [0.25, 0.3) is 0 Å². The van der Waals surface area contributed by atoms with Gasteiger partial charge in [-0.3, -0.25) is 0 Å². The Morgan fingerprint density at radius 3 is 2.85 bits per heavy atom. The molecule has 6 nitrogen and oxygen atoms in total. The first-order valence-electron chi connectivity index (χ1n) is 9.49. The standard InChI is InChI=1S/C19H26FN5O/c1-14(21-12-18-22-23-19-13-26-10-9-25(18)19)15-5-6-17(16(20)11-15)24-7-3-2-4-8-24/h5-6,11,14,21H,2-4,7-10,12-13H2,1H3. The molecule has 4 rings (SSSR count). The van der Waals surface area contributed by atoms with Crippen LogP contribution in [-0.2, 0) is 24.4 Å². The van der Waals surface area contributed by atoms with Crippen molar-refractivity contribution in [2.45, 2.75) is 51.9 Å². The first-order chi connectivity index (χ1) is 12.7. The van der Waals surface area contributed by atoms with E-state index >= 15 is 0 Å². The van der Waals surface area contributed by atoms with Gasteiger partial charge >= 0.3 is 0 Å². The lowest BCUT2D eigenvalue weighted by atomic mass is 10.1. The van der Waals surface area contributed by atoms with E-state index in [4.69, 9.17) is 4.74 Å². The number of rotatable bonds is 5. The van der Waals surface area contributed by atoms with Crippen molar-refractivity contribution in [1.82, 2.24) is 20.1 Å². The van der Waals surface area contributed by atoms with Crippen LogP contribution in [0.1, 0.15) is 49.4 Å². The molecule has 3 heterocycles. The molecular formula is C19H26FN5O. The highest BCUT2D eigenvalue weighted by atomic mass is 19.1. The molecule has 0 aliphatic carbocycles. The summed E-state index contributed by atoms with van der Waals surface area (Å²) in [5, 5.41) is 11.8. The van der Waals surface area contributed by atoms with Crippen molar-refractivity contribution in [3.05, 3.63) is 41.2 Å². The molecule has 0 radical (unpaired) electrons. The summed E-state index contributed by atoms with van der Waals surface area (Å²) in [5.74, 6) is 1.65. The largest absolute Gasteiger partial charge is 0.372 e. The third-order valence-electron chi connectivity index (χ3n) is 5.33. The molecular weight excluding hydrogens is 333 g/mol. The van der Waals surface area contributed by atoms with Gasteiger partial charge in [-0.05, 0) is 43.9 Å². The molecule has 1 aromatic heterocycles. The predicted octanol–water partition coefficient (Wildman–Crippen LogP) is 2.79. The molecule has 26 heavy (non-hydrogen) atoms. The van der Waals surface area contributed by atoms with E-state index in [-0.39, 0.29) is 11.9 Å². The maximum absolute atomic E-state index is 14.6.